The van der Waals surface area contributed by atoms with Gasteiger partial charge in [0.05, 0.1) is 5.56 Å². The number of nitrogens with zero attached hydrogens (tertiary/aromatic N) is 4. The molecule has 1 amide bonds. The van der Waals surface area contributed by atoms with Crippen molar-refractivity contribution in [1.82, 2.24) is 19.7 Å². The Labute approximate surface area is 140 Å². The van der Waals surface area contributed by atoms with Crippen molar-refractivity contribution in [2.45, 2.75) is 38.6 Å². The first-order valence-electron chi connectivity index (χ1n) is 8.48. The Kier molecular flexibility index (Phi) is 4.16. The second-order valence-electron chi connectivity index (χ2n) is 6.82. The zero-order chi connectivity index (χ0) is 15.6. The highest BCUT2D eigenvalue weighted by Gasteiger charge is 2.27. The minimum Gasteiger partial charge on any atom is -0.338 e. The molecule has 1 saturated carbocycles. The first kappa shape index (κ1) is 14.9. The molecule has 4 rings (SSSR count). The third-order valence-corrected chi connectivity index (χ3v) is 5.58. The van der Waals surface area contributed by atoms with Gasteiger partial charge in [-0.3, -0.25) is 4.79 Å². The Bertz CT molecular complexity index is 662. The lowest BCUT2D eigenvalue weighted by Gasteiger charge is -2.32. The van der Waals surface area contributed by atoms with Gasteiger partial charge in [0.25, 0.3) is 5.91 Å². The molecule has 1 atom stereocenters. The maximum atomic E-state index is 12.5. The van der Waals surface area contributed by atoms with E-state index in [9.17, 15) is 4.79 Å². The highest BCUT2D eigenvalue weighted by atomic mass is 32.1. The summed E-state index contributed by atoms with van der Waals surface area (Å²) in [4.78, 5) is 14.5. The van der Waals surface area contributed by atoms with Gasteiger partial charge in [-0.05, 0) is 49.0 Å². The summed E-state index contributed by atoms with van der Waals surface area (Å²) in [5.74, 6) is 2.59. The molecular formula is C17H22N4OS. The highest BCUT2D eigenvalue weighted by Crippen LogP contribution is 2.31. The number of piperidine rings is 1. The van der Waals surface area contributed by atoms with Gasteiger partial charge in [-0.25, -0.2) is 0 Å². The molecule has 2 fully saturated rings. The van der Waals surface area contributed by atoms with Crippen LogP contribution in [0.3, 0.4) is 0 Å². The van der Waals surface area contributed by atoms with Crippen molar-refractivity contribution >= 4 is 17.2 Å². The Balaban J connectivity index is 1.39. The van der Waals surface area contributed by atoms with Crippen LogP contribution in [0.4, 0.5) is 0 Å². The predicted molar refractivity (Wildman–Crippen MR) is 89.4 cm³/mol. The van der Waals surface area contributed by atoms with Crippen molar-refractivity contribution in [3.8, 4) is 0 Å². The summed E-state index contributed by atoms with van der Waals surface area (Å²) in [6.45, 7) is 2.78. The topological polar surface area (TPSA) is 51.0 Å². The molecule has 0 bridgehead atoms. The van der Waals surface area contributed by atoms with Gasteiger partial charge in [-0.2, -0.15) is 11.3 Å². The van der Waals surface area contributed by atoms with Crippen molar-refractivity contribution in [2.24, 2.45) is 11.8 Å². The van der Waals surface area contributed by atoms with E-state index in [1.165, 1.54) is 19.3 Å². The second kappa shape index (κ2) is 6.43. The Morgan fingerprint density at radius 1 is 1.30 bits per heavy atom. The van der Waals surface area contributed by atoms with Crippen molar-refractivity contribution in [3.05, 3.63) is 34.5 Å². The zero-order valence-corrected chi connectivity index (χ0v) is 14.0. The summed E-state index contributed by atoms with van der Waals surface area (Å²) < 4.78 is 2.22. The van der Waals surface area contributed by atoms with Gasteiger partial charge in [0.2, 0.25) is 0 Å². The molecule has 122 valence electrons. The summed E-state index contributed by atoms with van der Waals surface area (Å²) in [7, 11) is 0. The van der Waals surface area contributed by atoms with Crippen LogP contribution in [0.2, 0.25) is 0 Å². The smallest absolute Gasteiger partial charge is 0.254 e. The lowest BCUT2D eigenvalue weighted by Crippen LogP contribution is -2.40. The van der Waals surface area contributed by atoms with E-state index in [-0.39, 0.29) is 5.91 Å². The number of carbonyl (C=O) groups excluding carboxylic acids is 1. The minimum absolute atomic E-state index is 0.176. The van der Waals surface area contributed by atoms with Gasteiger partial charge in [0.1, 0.15) is 12.2 Å². The number of carbonyl (C=O) groups is 1. The van der Waals surface area contributed by atoms with Gasteiger partial charge in [0, 0.05) is 31.4 Å². The van der Waals surface area contributed by atoms with E-state index in [1.54, 1.807) is 11.3 Å². The summed E-state index contributed by atoms with van der Waals surface area (Å²) >= 11 is 1.58. The molecule has 3 heterocycles. The lowest BCUT2D eigenvalue weighted by atomic mass is 9.94. The number of hydrogen-bond acceptors (Lipinski definition) is 4. The predicted octanol–water partition coefficient (Wildman–Crippen LogP) is 2.84. The number of hydrogen-bond donors (Lipinski definition) is 0. The van der Waals surface area contributed by atoms with E-state index in [0.29, 0.717) is 5.92 Å². The average Bonchev–Trinajstić information content (AvgIpc) is 3.04. The molecule has 1 aliphatic carbocycles. The van der Waals surface area contributed by atoms with E-state index in [0.717, 1.165) is 49.8 Å². The van der Waals surface area contributed by atoms with Crippen molar-refractivity contribution in [2.75, 3.05) is 13.1 Å². The van der Waals surface area contributed by atoms with Gasteiger partial charge in [0.15, 0.2) is 0 Å². The number of rotatable bonds is 5. The van der Waals surface area contributed by atoms with Crippen molar-refractivity contribution in [1.29, 1.82) is 0 Å². The molecule has 0 N–H and O–H groups in total. The van der Waals surface area contributed by atoms with Crippen LogP contribution in [0.15, 0.2) is 23.2 Å². The molecule has 23 heavy (non-hydrogen) atoms. The number of amides is 1. The van der Waals surface area contributed by atoms with Gasteiger partial charge >= 0.3 is 0 Å². The summed E-state index contributed by atoms with van der Waals surface area (Å²) in [5, 5.41) is 12.3. The molecule has 1 saturated heterocycles. The molecule has 0 spiro atoms. The highest BCUT2D eigenvalue weighted by molar-refractivity contribution is 7.08. The monoisotopic (exact) mass is 330 g/mol. The molecule has 2 aromatic rings. The largest absolute Gasteiger partial charge is 0.338 e. The molecule has 0 aromatic carbocycles. The SMILES string of the molecule is O=C(c1ccsc1)N1CCCC(Cc2nncn2CC2CC2)C1. The number of aromatic nitrogens is 3. The van der Waals surface area contributed by atoms with Crippen LogP contribution < -0.4 is 0 Å². The molecular weight excluding hydrogens is 308 g/mol. The van der Waals surface area contributed by atoms with E-state index < -0.39 is 0 Å². The first-order chi connectivity index (χ1) is 11.3. The number of likely N-dealkylation sites (tertiary alicyclic amines) is 1. The van der Waals surface area contributed by atoms with Crippen LogP contribution in [0.25, 0.3) is 0 Å². The van der Waals surface area contributed by atoms with Crippen LogP contribution in [0, 0.1) is 11.8 Å². The molecule has 2 aromatic heterocycles. The molecule has 5 nitrogen and oxygen atoms in total. The van der Waals surface area contributed by atoms with E-state index >= 15 is 0 Å². The van der Waals surface area contributed by atoms with Crippen LogP contribution in [0.5, 0.6) is 0 Å². The fraction of sp³-hybridized carbons (Fsp3) is 0.588. The van der Waals surface area contributed by atoms with E-state index in [1.807, 2.05) is 28.1 Å². The van der Waals surface area contributed by atoms with Crippen LogP contribution in [-0.2, 0) is 13.0 Å². The van der Waals surface area contributed by atoms with Crippen LogP contribution in [0.1, 0.15) is 41.9 Å². The van der Waals surface area contributed by atoms with Crippen molar-refractivity contribution < 1.29 is 4.79 Å². The van der Waals surface area contributed by atoms with E-state index in [4.69, 9.17) is 0 Å². The zero-order valence-electron chi connectivity index (χ0n) is 13.2. The maximum absolute atomic E-state index is 12.5. The second-order valence-corrected chi connectivity index (χ2v) is 7.60. The average molecular weight is 330 g/mol. The Morgan fingerprint density at radius 2 is 2.22 bits per heavy atom. The lowest BCUT2D eigenvalue weighted by molar-refractivity contribution is 0.0672. The molecule has 2 aliphatic rings. The van der Waals surface area contributed by atoms with Crippen molar-refractivity contribution in [3.63, 3.8) is 0 Å². The van der Waals surface area contributed by atoms with Gasteiger partial charge < -0.3 is 9.47 Å². The molecule has 6 heteroatoms. The molecule has 1 aliphatic heterocycles. The summed E-state index contributed by atoms with van der Waals surface area (Å²) in [5.41, 5.74) is 0.826. The summed E-state index contributed by atoms with van der Waals surface area (Å²) in [6.07, 6.45) is 7.72. The van der Waals surface area contributed by atoms with Crippen LogP contribution >= 0.6 is 11.3 Å². The number of thiophene rings is 1. The quantitative estimate of drug-likeness (QED) is 0.847. The Morgan fingerprint density at radius 3 is 3.00 bits per heavy atom. The maximum Gasteiger partial charge on any atom is 0.254 e. The fourth-order valence-electron chi connectivity index (χ4n) is 3.41. The third-order valence-electron chi connectivity index (χ3n) is 4.89. The summed E-state index contributed by atoms with van der Waals surface area (Å²) in [6, 6.07) is 1.92. The standard InChI is InChI=1S/C17H22N4OS/c22-17(15-5-7-23-11-15)20-6-1-2-14(10-20)8-16-19-18-12-21(16)9-13-3-4-13/h5,7,11-14H,1-4,6,8-10H2. The van der Waals surface area contributed by atoms with Crippen LogP contribution in [-0.4, -0.2) is 38.7 Å². The Hall–Kier alpha value is -1.69. The van der Waals surface area contributed by atoms with Gasteiger partial charge in [-0.1, -0.05) is 0 Å². The fourth-order valence-corrected chi connectivity index (χ4v) is 4.04. The minimum atomic E-state index is 0.176. The van der Waals surface area contributed by atoms with Gasteiger partial charge in [-0.15, -0.1) is 10.2 Å². The van der Waals surface area contributed by atoms with E-state index in [2.05, 4.69) is 14.8 Å². The first-order valence-corrected chi connectivity index (χ1v) is 9.42. The molecule has 0 radical (unpaired) electrons. The molecule has 1 unspecified atom stereocenters. The third kappa shape index (κ3) is 3.47. The normalized spacial score (nSPS) is 21.6.